The van der Waals surface area contributed by atoms with Gasteiger partial charge in [0.2, 0.25) is 5.91 Å². The summed E-state index contributed by atoms with van der Waals surface area (Å²) in [6.07, 6.45) is 4.53. The lowest BCUT2D eigenvalue weighted by Gasteiger charge is -2.22. The van der Waals surface area contributed by atoms with Gasteiger partial charge in [0.1, 0.15) is 5.75 Å². The highest BCUT2D eigenvalue weighted by atomic mass is 16.5. The van der Waals surface area contributed by atoms with Gasteiger partial charge in [0.05, 0.1) is 7.11 Å². The van der Waals surface area contributed by atoms with Crippen LogP contribution in [0.5, 0.6) is 5.75 Å². The van der Waals surface area contributed by atoms with Crippen LogP contribution in [0.15, 0.2) is 6.20 Å². The van der Waals surface area contributed by atoms with Crippen molar-refractivity contribution in [3.63, 3.8) is 0 Å². The van der Waals surface area contributed by atoms with Crippen molar-refractivity contribution in [2.24, 2.45) is 5.92 Å². The lowest BCUT2D eigenvalue weighted by atomic mass is 9.92. The van der Waals surface area contributed by atoms with Crippen LogP contribution in [0.4, 0.5) is 0 Å². The fraction of sp³-hybridized carbons (Fsp3) is 0.571. The Morgan fingerprint density at radius 2 is 2.28 bits per heavy atom. The lowest BCUT2D eigenvalue weighted by Crippen LogP contribution is -2.37. The van der Waals surface area contributed by atoms with Gasteiger partial charge in [-0.15, -0.1) is 0 Å². The number of methoxy groups -OCH3 is 1. The van der Waals surface area contributed by atoms with Crippen LogP contribution in [0.1, 0.15) is 29.7 Å². The number of carbonyl (C=O) groups is 1. The number of rotatable bonds is 3. The standard InChI is InChI=1S/C14H20N2O2/c1-9-8-16-12(10(2)13(9)18-3)7-11-5-4-6-15-14(11)17/h8,11H,4-7H2,1-3H3,(H,15,17). The molecule has 18 heavy (non-hydrogen) atoms. The Hall–Kier alpha value is -1.58. The predicted molar refractivity (Wildman–Crippen MR) is 69.7 cm³/mol. The van der Waals surface area contributed by atoms with Crippen LogP contribution in [-0.4, -0.2) is 24.5 Å². The first-order valence-corrected chi connectivity index (χ1v) is 6.40. The second-order valence-electron chi connectivity index (χ2n) is 4.88. The molecule has 1 aromatic rings. The fourth-order valence-electron chi connectivity index (χ4n) is 2.54. The van der Waals surface area contributed by atoms with Gasteiger partial charge in [-0.1, -0.05) is 0 Å². The van der Waals surface area contributed by atoms with Crippen LogP contribution in [-0.2, 0) is 11.2 Å². The minimum atomic E-state index is 0.0531. The monoisotopic (exact) mass is 248 g/mol. The summed E-state index contributed by atoms with van der Waals surface area (Å²) in [4.78, 5) is 16.2. The number of aryl methyl sites for hydroxylation is 1. The number of ether oxygens (including phenoxy) is 1. The largest absolute Gasteiger partial charge is 0.496 e. The quantitative estimate of drug-likeness (QED) is 0.887. The summed E-state index contributed by atoms with van der Waals surface area (Å²) in [5, 5.41) is 2.91. The molecule has 98 valence electrons. The number of carbonyl (C=O) groups excluding carboxylic acids is 1. The van der Waals surface area contributed by atoms with Crippen molar-refractivity contribution in [2.75, 3.05) is 13.7 Å². The van der Waals surface area contributed by atoms with Gasteiger partial charge in [-0.3, -0.25) is 9.78 Å². The summed E-state index contributed by atoms with van der Waals surface area (Å²) < 4.78 is 5.39. The first-order valence-electron chi connectivity index (χ1n) is 6.40. The third-order valence-electron chi connectivity index (χ3n) is 3.59. The minimum Gasteiger partial charge on any atom is -0.496 e. The van der Waals surface area contributed by atoms with E-state index < -0.39 is 0 Å². The number of nitrogens with zero attached hydrogens (tertiary/aromatic N) is 1. The van der Waals surface area contributed by atoms with E-state index in [1.807, 2.05) is 20.0 Å². The van der Waals surface area contributed by atoms with Gasteiger partial charge in [0.15, 0.2) is 0 Å². The number of pyridine rings is 1. The zero-order valence-corrected chi connectivity index (χ0v) is 11.2. The van der Waals surface area contributed by atoms with Gasteiger partial charge in [0.25, 0.3) is 0 Å². The topological polar surface area (TPSA) is 51.2 Å². The molecule has 2 rings (SSSR count). The number of aromatic nitrogens is 1. The molecule has 1 amide bonds. The molecule has 0 radical (unpaired) electrons. The molecule has 1 atom stereocenters. The zero-order chi connectivity index (χ0) is 13.1. The van der Waals surface area contributed by atoms with Gasteiger partial charge in [0, 0.05) is 41.9 Å². The molecule has 1 aliphatic heterocycles. The maximum Gasteiger partial charge on any atom is 0.223 e. The van der Waals surface area contributed by atoms with Crippen molar-refractivity contribution in [1.29, 1.82) is 0 Å². The third-order valence-corrected chi connectivity index (χ3v) is 3.59. The van der Waals surface area contributed by atoms with Crippen molar-refractivity contribution in [3.8, 4) is 5.75 Å². The molecule has 0 spiro atoms. The fourth-order valence-corrected chi connectivity index (χ4v) is 2.54. The molecule has 0 aliphatic carbocycles. The molecular formula is C14H20N2O2. The van der Waals surface area contributed by atoms with E-state index in [4.69, 9.17) is 4.74 Å². The number of hydrogen-bond acceptors (Lipinski definition) is 3. The molecule has 4 nitrogen and oxygen atoms in total. The first-order chi connectivity index (χ1) is 8.63. The highest BCUT2D eigenvalue weighted by Crippen LogP contribution is 2.26. The van der Waals surface area contributed by atoms with Gasteiger partial charge in [-0.25, -0.2) is 0 Å². The summed E-state index contributed by atoms with van der Waals surface area (Å²) >= 11 is 0. The molecule has 1 aromatic heterocycles. The van der Waals surface area contributed by atoms with Crippen LogP contribution >= 0.6 is 0 Å². The van der Waals surface area contributed by atoms with Crippen molar-refractivity contribution in [2.45, 2.75) is 33.1 Å². The normalized spacial score (nSPS) is 19.5. The van der Waals surface area contributed by atoms with Crippen LogP contribution in [0.2, 0.25) is 0 Å². The van der Waals surface area contributed by atoms with E-state index in [1.165, 1.54) is 0 Å². The molecule has 1 aliphatic rings. The highest BCUT2D eigenvalue weighted by molar-refractivity contribution is 5.79. The number of amides is 1. The van der Waals surface area contributed by atoms with Crippen molar-refractivity contribution in [1.82, 2.24) is 10.3 Å². The number of hydrogen-bond donors (Lipinski definition) is 1. The average molecular weight is 248 g/mol. The average Bonchev–Trinajstić information content (AvgIpc) is 2.36. The maximum atomic E-state index is 11.8. The Morgan fingerprint density at radius 3 is 2.94 bits per heavy atom. The Labute approximate surface area is 108 Å². The van der Waals surface area contributed by atoms with Crippen LogP contribution in [0.3, 0.4) is 0 Å². The Bertz CT molecular complexity index is 457. The molecule has 0 bridgehead atoms. The summed E-state index contributed by atoms with van der Waals surface area (Å²) in [6, 6.07) is 0. The molecule has 0 saturated carbocycles. The van der Waals surface area contributed by atoms with E-state index in [9.17, 15) is 4.79 Å². The Balaban J connectivity index is 2.21. The third kappa shape index (κ3) is 2.47. The zero-order valence-electron chi connectivity index (χ0n) is 11.2. The maximum absolute atomic E-state index is 11.8. The molecule has 1 saturated heterocycles. The minimum absolute atomic E-state index is 0.0531. The summed E-state index contributed by atoms with van der Waals surface area (Å²) in [7, 11) is 1.67. The Kier molecular flexibility index (Phi) is 3.84. The second-order valence-corrected chi connectivity index (χ2v) is 4.88. The van der Waals surface area contributed by atoms with E-state index in [0.29, 0.717) is 6.42 Å². The van der Waals surface area contributed by atoms with E-state index in [-0.39, 0.29) is 11.8 Å². The highest BCUT2D eigenvalue weighted by Gasteiger charge is 2.24. The van der Waals surface area contributed by atoms with E-state index in [1.54, 1.807) is 7.11 Å². The van der Waals surface area contributed by atoms with E-state index in [0.717, 1.165) is 42.0 Å². The molecular weight excluding hydrogens is 228 g/mol. The molecule has 1 N–H and O–H groups in total. The van der Waals surface area contributed by atoms with Gasteiger partial charge in [-0.2, -0.15) is 0 Å². The van der Waals surface area contributed by atoms with E-state index >= 15 is 0 Å². The molecule has 0 aromatic carbocycles. The molecule has 2 heterocycles. The van der Waals surface area contributed by atoms with Crippen molar-refractivity contribution in [3.05, 3.63) is 23.0 Å². The lowest BCUT2D eigenvalue weighted by molar-refractivity contribution is -0.126. The number of piperidine rings is 1. The summed E-state index contributed by atoms with van der Waals surface area (Å²) in [6.45, 7) is 4.80. The van der Waals surface area contributed by atoms with Gasteiger partial charge in [-0.05, 0) is 26.7 Å². The van der Waals surface area contributed by atoms with Crippen molar-refractivity contribution < 1.29 is 9.53 Å². The van der Waals surface area contributed by atoms with E-state index in [2.05, 4.69) is 10.3 Å². The summed E-state index contributed by atoms with van der Waals surface area (Å²) in [5.74, 6) is 1.09. The number of nitrogens with one attached hydrogen (secondary N) is 1. The summed E-state index contributed by atoms with van der Waals surface area (Å²) in [5.41, 5.74) is 3.06. The van der Waals surface area contributed by atoms with Crippen LogP contribution in [0.25, 0.3) is 0 Å². The van der Waals surface area contributed by atoms with Crippen LogP contribution < -0.4 is 10.1 Å². The molecule has 4 heteroatoms. The molecule has 1 unspecified atom stereocenters. The first kappa shape index (κ1) is 12.9. The van der Waals surface area contributed by atoms with Gasteiger partial charge < -0.3 is 10.1 Å². The van der Waals surface area contributed by atoms with Gasteiger partial charge >= 0.3 is 0 Å². The Morgan fingerprint density at radius 1 is 1.50 bits per heavy atom. The SMILES string of the molecule is COc1c(C)cnc(CC2CCCNC2=O)c1C. The second kappa shape index (κ2) is 5.38. The predicted octanol–water partition coefficient (Wildman–Crippen LogP) is 1.78. The molecule has 1 fully saturated rings. The van der Waals surface area contributed by atoms with Crippen molar-refractivity contribution >= 4 is 5.91 Å². The smallest absolute Gasteiger partial charge is 0.223 e. The van der Waals surface area contributed by atoms with Crippen LogP contribution in [0, 0.1) is 19.8 Å².